The number of esters is 1. The summed E-state index contributed by atoms with van der Waals surface area (Å²) < 4.78 is 42.2. The lowest BCUT2D eigenvalue weighted by atomic mass is 10.1. The van der Waals surface area contributed by atoms with Crippen molar-refractivity contribution in [1.29, 1.82) is 0 Å². The first-order valence-corrected chi connectivity index (χ1v) is 5.33. The molecule has 0 unspecified atom stereocenters. The zero-order valence-electron chi connectivity index (χ0n) is 9.45. The largest absolute Gasteiger partial charge is 0.464 e. The molecule has 19 heavy (non-hydrogen) atoms. The Labute approximate surface area is 110 Å². The van der Waals surface area contributed by atoms with Gasteiger partial charge in [-0.25, -0.2) is 14.8 Å². The Morgan fingerprint density at radius 2 is 2.00 bits per heavy atom. The van der Waals surface area contributed by atoms with E-state index in [0.717, 1.165) is 25.3 Å². The van der Waals surface area contributed by atoms with E-state index in [1.807, 2.05) is 0 Å². The van der Waals surface area contributed by atoms with Crippen LogP contribution < -0.4 is 0 Å². The summed E-state index contributed by atoms with van der Waals surface area (Å²) >= 11 is 5.58. The molecule has 0 atom stereocenters. The Morgan fingerprint density at radius 3 is 2.58 bits per heavy atom. The second-order valence-electron chi connectivity index (χ2n) is 3.56. The molecule has 0 aliphatic rings. The Bertz CT molecular complexity index is 658. The molecule has 0 spiro atoms. The summed E-state index contributed by atoms with van der Waals surface area (Å²) in [6.07, 6.45) is -4.50. The van der Waals surface area contributed by atoms with Gasteiger partial charge < -0.3 is 4.74 Å². The summed E-state index contributed by atoms with van der Waals surface area (Å²) in [5.74, 6) is -0.797. The molecule has 0 saturated heterocycles. The molecule has 2 aromatic rings. The van der Waals surface area contributed by atoms with Crippen molar-refractivity contribution in [3.63, 3.8) is 0 Å². The quantitative estimate of drug-likeness (QED) is 0.598. The van der Waals surface area contributed by atoms with Crippen LogP contribution in [0.5, 0.6) is 0 Å². The minimum atomic E-state index is -4.50. The maximum Gasteiger partial charge on any atom is 0.416 e. The number of aromatic nitrogens is 2. The van der Waals surface area contributed by atoms with Crippen LogP contribution in [0.3, 0.4) is 0 Å². The highest BCUT2D eigenvalue weighted by molar-refractivity contribution is 6.29. The first kappa shape index (κ1) is 13.5. The molecule has 0 bridgehead atoms. The second kappa shape index (κ2) is 4.65. The number of hydrogen-bond donors (Lipinski definition) is 0. The monoisotopic (exact) mass is 290 g/mol. The third kappa shape index (κ3) is 2.60. The Kier molecular flexibility index (Phi) is 3.32. The zero-order chi connectivity index (χ0) is 14.2. The number of fused-ring (bicyclic) bond motifs is 1. The molecule has 0 fully saturated rings. The van der Waals surface area contributed by atoms with E-state index in [-0.39, 0.29) is 21.9 Å². The minimum Gasteiger partial charge on any atom is -0.464 e. The average Bonchev–Trinajstić information content (AvgIpc) is 2.34. The lowest BCUT2D eigenvalue weighted by molar-refractivity contribution is -0.137. The number of nitrogens with zero attached hydrogens (tertiary/aromatic N) is 2. The van der Waals surface area contributed by atoms with Crippen molar-refractivity contribution in [2.75, 3.05) is 7.11 Å². The van der Waals surface area contributed by atoms with Gasteiger partial charge in [0.1, 0.15) is 0 Å². The summed E-state index contributed by atoms with van der Waals surface area (Å²) in [5.41, 5.74) is -1.13. The van der Waals surface area contributed by atoms with Crippen LogP contribution in [0, 0.1) is 0 Å². The van der Waals surface area contributed by atoms with Crippen LogP contribution in [0.15, 0.2) is 18.2 Å². The highest BCUT2D eigenvalue weighted by atomic mass is 35.5. The van der Waals surface area contributed by atoms with Gasteiger partial charge in [0.2, 0.25) is 5.28 Å². The fourth-order valence-electron chi connectivity index (χ4n) is 1.53. The molecule has 0 aliphatic carbocycles. The van der Waals surface area contributed by atoms with Crippen molar-refractivity contribution in [1.82, 2.24) is 9.97 Å². The predicted octanol–water partition coefficient (Wildman–Crippen LogP) is 3.09. The molecule has 0 radical (unpaired) electrons. The summed E-state index contributed by atoms with van der Waals surface area (Å²) in [6.45, 7) is 0. The van der Waals surface area contributed by atoms with Crippen molar-refractivity contribution in [2.24, 2.45) is 0 Å². The molecule has 8 heteroatoms. The molecular weight excluding hydrogens is 285 g/mol. The van der Waals surface area contributed by atoms with Crippen molar-refractivity contribution in [3.05, 3.63) is 34.7 Å². The highest BCUT2D eigenvalue weighted by Gasteiger charge is 2.31. The molecule has 100 valence electrons. The summed E-state index contributed by atoms with van der Waals surface area (Å²) in [7, 11) is 1.13. The number of halogens is 4. The number of rotatable bonds is 1. The van der Waals surface area contributed by atoms with Crippen LogP contribution in [0.25, 0.3) is 10.9 Å². The van der Waals surface area contributed by atoms with Crippen LogP contribution in [-0.2, 0) is 10.9 Å². The number of ether oxygens (including phenoxy) is 1. The third-order valence-corrected chi connectivity index (χ3v) is 2.54. The SMILES string of the molecule is COC(=O)c1nc(Cl)nc2cc(C(F)(F)F)ccc12. The highest BCUT2D eigenvalue weighted by Crippen LogP contribution is 2.31. The van der Waals surface area contributed by atoms with Crippen LogP contribution in [0.2, 0.25) is 5.28 Å². The van der Waals surface area contributed by atoms with Gasteiger partial charge in [0.05, 0.1) is 18.2 Å². The van der Waals surface area contributed by atoms with E-state index in [0.29, 0.717) is 0 Å². The van der Waals surface area contributed by atoms with E-state index in [2.05, 4.69) is 14.7 Å². The molecule has 1 heterocycles. The molecule has 0 N–H and O–H groups in total. The fourth-order valence-corrected chi connectivity index (χ4v) is 1.71. The van der Waals surface area contributed by atoms with Crippen LogP contribution in [-0.4, -0.2) is 23.0 Å². The summed E-state index contributed by atoms with van der Waals surface area (Å²) in [4.78, 5) is 18.8. The van der Waals surface area contributed by atoms with Crippen molar-refractivity contribution < 1.29 is 22.7 Å². The van der Waals surface area contributed by atoms with Crippen LogP contribution in [0.1, 0.15) is 16.1 Å². The van der Waals surface area contributed by atoms with Crippen molar-refractivity contribution >= 4 is 28.5 Å². The lowest BCUT2D eigenvalue weighted by Gasteiger charge is -2.09. The Balaban J connectivity index is 2.72. The van der Waals surface area contributed by atoms with Gasteiger partial charge in [-0.05, 0) is 29.8 Å². The van der Waals surface area contributed by atoms with Crippen LogP contribution >= 0.6 is 11.6 Å². The molecule has 1 aromatic heterocycles. The maximum absolute atomic E-state index is 12.6. The minimum absolute atomic E-state index is 0.0739. The van der Waals surface area contributed by atoms with Gasteiger partial charge in [-0.15, -0.1) is 0 Å². The van der Waals surface area contributed by atoms with E-state index in [1.54, 1.807) is 0 Å². The number of methoxy groups -OCH3 is 1. The number of benzene rings is 1. The van der Waals surface area contributed by atoms with Gasteiger partial charge in [-0.1, -0.05) is 0 Å². The number of alkyl halides is 3. The maximum atomic E-state index is 12.6. The third-order valence-electron chi connectivity index (χ3n) is 2.38. The van der Waals surface area contributed by atoms with Crippen molar-refractivity contribution in [2.45, 2.75) is 6.18 Å². The Morgan fingerprint density at radius 1 is 1.32 bits per heavy atom. The summed E-state index contributed by atoms with van der Waals surface area (Å²) in [5, 5.41) is -0.184. The van der Waals surface area contributed by atoms with Gasteiger partial charge in [0.15, 0.2) is 5.69 Å². The molecule has 2 rings (SSSR count). The number of hydrogen-bond acceptors (Lipinski definition) is 4. The van der Waals surface area contributed by atoms with E-state index in [1.165, 1.54) is 0 Å². The van der Waals surface area contributed by atoms with Crippen molar-refractivity contribution in [3.8, 4) is 0 Å². The smallest absolute Gasteiger partial charge is 0.416 e. The fraction of sp³-hybridized carbons (Fsp3) is 0.182. The van der Waals surface area contributed by atoms with Crippen LogP contribution in [0.4, 0.5) is 13.2 Å². The summed E-state index contributed by atoms with van der Waals surface area (Å²) in [6, 6.07) is 2.75. The standard InChI is InChI=1S/C11H6ClF3N2O2/c1-19-9(18)8-6-3-2-5(11(13,14)15)4-7(6)16-10(12)17-8/h2-4H,1H3. The lowest BCUT2D eigenvalue weighted by Crippen LogP contribution is -2.08. The topological polar surface area (TPSA) is 52.1 Å². The van der Waals surface area contributed by atoms with Gasteiger partial charge in [-0.3, -0.25) is 0 Å². The molecule has 0 saturated carbocycles. The van der Waals surface area contributed by atoms with Gasteiger partial charge >= 0.3 is 12.1 Å². The van der Waals surface area contributed by atoms with E-state index in [4.69, 9.17) is 11.6 Å². The second-order valence-corrected chi connectivity index (χ2v) is 3.90. The zero-order valence-corrected chi connectivity index (χ0v) is 10.2. The molecule has 1 aromatic carbocycles. The number of carbonyl (C=O) groups is 1. The first-order valence-electron chi connectivity index (χ1n) is 4.95. The molecule has 0 aliphatic heterocycles. The molecule has 4 nitrogen and oxygen atoms in total. The molecular formula is C11H6ClF3N2O2. The predicted molar refractivity (Wildman–Crippen MR) is 60.9 cm³/mol. The van der Waals surface area contributed by atoms with E-state index >= 15 is 0 Å². The Hall–Kier alpha value is -1.89. The van der Waals surface area contributed by atoms with Gasteiger partial charge in [-0.2, -0.15) is 13.2 Å². The van der Waals surface area contributed by atoms with Gasteiger partial charge in [0, 0.05) is 5.39 Å². The molecule has 0 amide bonds. The normalized spacial score (nSPS) is 11.6. The van der Waals surface area contributed by atoms with E-state index in [9.17, 15) is 18.0 Å². The first-order chi connectivity index (χ1) is 8.82. The number of carbonyl (C=O) groups excluding carboxylic acids is 1. The van der Waals surface area contributed by atoms with Gasteiger partial charge in [0.25, 0.3) is 0 Å². The van der Waals surface area contributed by atoms with E-state index < -0.39 is 17.7 Å². The average molecular weight is 291 g/mol.